The smallest absolute Gasteiger partial charge is 0.335 e. The van der Waals surface area contributed by atoms with Gasteiger partial charge in [0.15, 0.2) is 0 Å². The van der Waals surface area contributed by atoms with Crippen molar-refractivity contribution in [3.63, 3.8) is 0 Å². The molecular formula is C19H23NO3S. The predicted molar refractivity (Wildman–Crippen MR) is 96.6 cm³/mol. The van der Waals surface area contributed by atoms with Crippen LogP contribution in [-0.2, 0) is 17.6 Å². The second-order valence-electron chi connectivity index (χ2n) is 5.74. The van der Waals surface area contributed by atoms with E-state index in [2.05, 4.69) is 22.8 Å². The van der Waals surface area contributed by atoms with Crippen LogP contribution in [0.2, 0.25) is 0 Å². The molecule has 2 aromatic rings. The summed E-state index contributed by atoms with van der Waals surface area (Å²) in [4.78, 5) is 24.0. The molecule has 0 saturated carbocycles. The Morgan fingerprint density at radius 3 is 2.46 bits per heavy atom. The van der Waals surface area contributed by atoms with E-state index in [0.29, 0.717) is 19.4 Å². The van der Waals surface area contributed by atoms with Crippen LogP contribution in [0.15, 0.2) is 41.8 Å². The number of nitrogens with one attached hydrogen (secondary N) is 1. The van der Waals surface area contributed by atoms with E-state index in [4.69, 9.17) is 5.11 Å². The third-order valence-electron chi connectivity index (χ3n) is 3.84. The summed E-state index contributed by atoms with van der Waals surface area (Å²) in [5, 5.41) is 13.9. The number of thiophene rings is 1. The van der Waals surface area contributed by atoms with E-state index in [1.807, 2.05) is 0 Å². The summed E-state index contributed by atoms with van der Waals surface area (Å²) in [5.41, 5.74) is 1.31. The van der Waals surface area contributed by atoms with Gasteiger partial charge >= 0.3 is 5.97 Å². The normalized spacial score (nSPS) is 10.5. The first-order chi connectivity index (χ1) is 11.6. The SMILES string of the molecule is O=C(CCCCCc1cccs1)NCCc1ccc(C(=O)O)cc1. The molecule has 0 unspecified atom stereocenters. The quantitative estimate of drug-likeness (QED) is 0.642. The van der Waals surface area contributed by atoms with Gasteiger partial charge < -0.3 is 10.4 Å². The van der Waals surface area contributed by atoms with E-state index in [0.717, 1.165) is 31.2 Å². The first-order valence-corrected chi connectivity index (χ1v) is 9.14. The number of aryl methyl sites for hydroxylation is 1. The van der Waals surface area contributed by atoms with E-state index >= 15 is 0 Å². The Morgan fingerprint density at radius 2 is 1.79 bits per heavy atom. The van der Waals surface area contributed by atoms with Gasteiger partial charge in [-0.15, -0.1) is 11.3 Å². The highest BCUT2D eigenvalue weighted by molar-refractivity contribution is 7.09. The first kappa shape index (κ1) is 18.2. The molecule has 0 aliphatic heterocycles. The van der Waals surface area contributed by atoms with Gasteiger partial charge in [-0.25, -0.2) is 4.79 Å². The molecule has 2 N–H and O–H groups in total. The molecule has 1 aromatic carbocycles. The van der Waals surface area contributed by atoms with Crippen molar-refractivity contribution in [1.29, 1.82) is 0 Å². The van der Waals surface area contributed by atoms with E-state index in [1.54, 1.807) is 35.6 Å². The number of aromatic carboxylic acids is 1. The summed E-state index contributed by atoms with van der Waals surface area (Å²) >= 11 is 1.79. The number of carbonyl (C=O) groups is 2. The third kappa shape index (κ3) is 6.54. The van der Waals surface area contributed by atoms with E-state index in [9.17, 15) is 9.59 Å². The lowest BCUT2D eigenvalue weighted by Crippen LogP contribution is -2.25. The van der Waals surface area contributed by atoms with Crippen molar-refractivity contribution in [3.05, 3.63) is 57.8 Å². The van der Waals surface area contributed by atoms with Crippen molar-refractivity contribution < 1.29 is 14.7 Å². The first-order valence-electron chi connectivity index (χ1n) is 8.26. The van der Waals surface area contributed by atoms with Gasteiger partial charge in [0.05, 0.1) is 5.56 Å². The van der Waals surface area contributed by atoms with Crippen molar-refractivity contribution in [3.8, 4) is 0 Å². The summed E-state index contributed by atoms with van der Waals surface area (Å²) in [5.74, 6) is -0.831. The Bertz CT molecular complexity index is 635. The Hall–Kier alpha value is -2.14. The van der Waals surface area contributed by atoms with Crippen LogP contribution >= 0.6 is 11.3 Å². The van der Waals surface area contributed by atoms with Gasteiger partial charge in [0.25, 0.3) is 0 Å². The summed E-state index contributed by atoms with van der Waals surface area (Å²) in [7, 11) is 0. The Labute approximate surface area is 146 Å². The molecule has 1 heterocycles. The highest BCUT2D eigenvalue weighted by Crippen LogP contribution is 2.13. The van der Waals surface area contributed by atoms with Gasteiger partial charge in [-0.2, -0.15) is 0 Å². The van der Waals surface area contributed by atoms with Crippen LogP contribution in [0.4, 0.5) is 0 Å². The maximum absolute atomic E-state index is 11.8. The number of benzene rings is 1. The standard InChI is InChI=1S/C19H23NO3S/c21-18(7-3-1-2-5-17-6-4-14-24-17)20-13-12-15-8-10-16(11-9-15)19(22)23/h4,6,8-11,14H,1-3,5,7,12-13H2,(H,20,21)(H,22,23). The van der Waals surface area contributed by atoms with Crippen molar-refractivity contribution in [2.75, 3.05) is 6.54 Å². The summed E-state index contributed by atoms with van der Waals surface area (Å²) in [6.45, 7) is 0.584. The van der Waals surface area contributed by atoms with Crippen LogP contribution in [-0.4, -0.2) is 23.5 Å². The molecule has 24 heavy (non-hydrogen) atoms. The average molecular weight is 345 g/mol. The average Bonchev–Trinajstić information content (AvgIpc) is 3.08. The van der Waals surface area contributed by atoms with Crippen LogP contribution in [0.25, 0.3) is 0 Å². The molecule has 0 fully saturated rings. The molecule has 4 nitrogen and oxygen atoms in total. The topological polar surface area (TPSA) is 66.4 Å². The zero-order valence-corrected chi connectivity index (χ0v) is 14.5. The van der Waals surface area contributed by atoms with Crippen LogP contribution in [0.1, 0.15) is 46.5 Å². The van der Waals surface area contributed by atoms with E-state index in [-0.39, 0.29) is 11.5 Å². The minimum atomic E-state index is -0.922. The molecule has 1 aromatic heterocycles. The van der Waals surface area contributed by atoms with Gasteiger partial charge in [0.1, 0.15) is 0 Å². The summed E-state index contributed by atoms with van der Waals surface area (Å²) in [6, 6.07) is 11.0. The van der Waals surface area contributed by atoms with Gasteiger partial charge in [-0.3, -0.25) is 4.79 Å². The molecule has 0 radical (unpaired) electrons. The number of carboxylic acid groups (broad SMARTS) is 1. The number of amides is 1. The molecule has 1 amide bonds. The molecule has 0 atom stereocenters. The molecule has 0 aliphatic rings. The molecular weight excluding hydrogens is 322 g/mol. The lowest BCUT2D eigenvalue weighted by molar-refractivity contribution is -0.121. The molecule has 0 saturated heterocycles. The zero-order chi connectivity index (χ0) is 17.2. The van der Waals surface area contributed by atoms with E-state index < -0.39 is 5.97 Å². The van der Waals surface area contributed by atoms with Gasteiger partial charge in [-0.1, -0.05) is 24.6 Å². The fourth-order valence-electron chi connectivity index (χ4n) is 2.47. The number of carbonyl (C=O) groups excluding carboxylic acids is 1. The molecule has 5 heteroatoms. The third-order valence-corrected chi connectivity index (χ3v) is 4.78. The van der Waals surface area contributed by atoms with Gasteiger partial charge in [-0.05, 0) is 54.8 Å². The minimum absolute atomic E-state index is 0.0910. The molecule has 2 rings (SSSR count). The molecule has 0 bridgehead atoms. The van der Waals surface area contributed by atoms with Crippen LogP contribution in [0.5, 0.6) is 0 Å². The maximum Gasteiger partial charge on any atom is 0.335 e. The Balaban J connectivity index is 1.53. The van der Waals surface area contributed by atoms with E-state index in [1.165, 1.54) is 4.88 Å². The largest absolute Gasteiger partial charge is 0.478 e. The van der Waals surface area contributed by atoms with Crippen molar-refractivity contribution in [1.82, 2.24) is 5.32 Å². The summed E-state index contributed by atoms with van der Waals surface area (Å²) < 4.78 is 0. The Kier molecular flexibility index (Phi) is 7.49. The summed E-state index contributed by atoms with van der Waals surface area (Å²) in [6.07, 6.45) is 5.51. The molecule has 0 aliphatic carbocycles. The number of hydrogen-bond acceptors (Lipinski definition) is 3. The number of unbranched alkanes of at least 4 members (excludes halogenated alkanes) is 2. The van der Waals surface area contributed by atoms with Crippen molar-refractivity contribution in [2.45, 2.75) is 38.5 Å². The van der Waals surface area contributed by atoms with Crippen LogP contribution in [0, 0.1) is 0 Å². The number of rotatable bonds is 10. The Morgan fingerprint density at radius 1 is 1.00 bits per heavy atom. The zero-order valence-electron chi connectivity index (χ0n) is 13.7. The van der Waals surface area contributed by atoms with Crippen molar-refractivity contribution in [2.24, 2.45) is 0 Å². The number of carboxylic acids is 1. The predicted octanol–water partition coefficient (Wildman–Crippen LogP) is 3.91. The van der Waals surface area contributed by atoms with Crippen LogP contribution in [0.3, 0.4) is 0 Å². The van der Waals surface area contributed by atoms with Gasteiger partial charge in [0, 0.05) is 17.8 Å². The second kappa shape index (κ2) is 9.88. The number of hydrogen-bond donors (Lipinski definition) is 2. The molecule has 0 spiro atoms. The van der Waals surface area contributed by atoms with Gasteiger partial charge in [0.2, 0.25) is 5.91 Å². The minimum Gasteiger partial charge on any atom is -0.478 e. The highest BCUT2D eigenvalue weighted by atomic mass is 32.1. The fraction of sp³-hybridized carbons (Fsp3) is 0.368. The van der Waals surface area contributed by atoms with Crippen molar-refractivity contribution >= 4 is 23.2 Å². The second-order valence-corrected chi connectivity index (χ2v) is 6.77. The monoisotopic (exact) mass is 345 g/mol. The lowest BCUT2D eigenvalue weighted by atomic mass is 10.1. The lowest BCUT2D eigenvalue weighted by Gasteiger charge is -2.06. The maximum atomic E-state index is 11.8. The molecule has 128 valence electrons. The van der Waals surface area contributed by atoms with Crippen LogP contribution < -0.4 is 5.32 Å². The fourth-order valence-corrected chi connectivity index (χ4v) is 3.22. The highest BCUT2D eigenvalue weighted by Gasteiger charge is 2.03.